The molecule has 1 heterocycles. The summed E-state index contributed by atoms with van der Waals surface area (Å²) in [7, 11) is 0. The molecule has 1 saturated heterocycles. The van der Waals surface area contributed by atoms with Crippen molar-refractivity contribution >= 4 is 5.91 Å². The van der Waals surface area contributed by atoms with E-state index in [1.807, 2.05) is 0 Å². The summed E-state index contributed by atoms with van der Waals surface area (Å²) in [6.45, 7) is 1.61. The van der Waals surface area contributed by atoms with Gasteiger partial charge in [0.25, 0.3) is 0 Å². The van der Waals surface area contributed by atoms with Crippen molar-refractivity contribution < 1.29 is 4.79 Å². The van der Waals surface area contributed by atoms with E-state index in [2.05, 4.69) is 4.90 Å². The van der Waals surface area contributed by atoms with Gasteiger partial charge in [0.2, 0.25) is 5.91 Å². The molecule has 1 aliphatic heterocycles. The summed E-state index contributed by atoms with van der Waals surface area (Å²) in [6.07, 6.45) is 6.08. The molecular weight excluding hydrogens is 188 g/mol. The zero-order valence-electron chi connectivity index (χ0n) is 9.19. The summed E-state index contributed by atoms with van der Waals surface area (Å²) in [6, 6.07) is 0.592. The van der Waals surface area contributed by atoms with Crippen LogP contribution >= 0.6 is 0 Å². The van der Waals surface area contributed by atoms with Gasteiger partial charge in [0, 0.05) is 19.0 Å². The second kappa shape index (κ2) is 3.48. The first-order valence-electron chi connectivity index (χ1n) is 6.29. The van der Waals surface area contributed by atoms with E-state index in [4.69, 9.17) is 5.73 Å². The van der Waals surface area contributed by atoms with E-state index >= 15 is 0 Å². The Morgan fingerprint density at radius 1 is 1.27 bits per heavy atom. The highest BCUT2D eigenvalue weighted by Crippen LogP contribution is 2.48. The molecule has 2 saturated carbocycles. The average Bonchev–Trinajstić information content (AvgIpc) is 3.09. The predicted molar refractivity (Wildman–Crippen MR) is 58.1 cm³/mol. The van der Waals surface area contributed by atoms with Crippen molar-refractivity contribution in [1.82, 2.24) is 4.90 Å². The molecule has 3 nitrogen and oxygen atoms in total. The Kier molecular flexibility index (Phi) is 2.23. The molecule has 3 rings (SSSR count). The number of likely N-dealkylation sites (tertiary alicyclic amines) is 1. The van der Waals surface area contributed by atoms with Crippen molar-refractivity contribution in [3.8, 4) is 0 Å². The number of amides is 1. The molecule has 0 bridgehead atoms. The minimum atomic E-state index is 0.370. The van der Waals surface area contributed by atoms with Gasteiger partial charge < -0.3 is 10.6 Å². The maximum atomic E-state index is 11.9. The molecule has 1 atom stereocenters. The van der Waals surface area contributed by atoms with Gasteiger partial charge in [0.15, 0.2) is 0 Å². The van der Waals surface area contributed by atoms with Crippen molar-refractivity contribution in [3.05, 3.63) is 0 Å². The third kappa shape index (κ3) is 1.78. The van der Waals surface area contributed by atoms with Gasteiger partial charge in [-0.05, 0) is 50.0 Å². The second-order valence-electron chi connectivity index (χ2n) is 5.52. The van der Waals surface area contributed by atoms with Crippen LogP contribution in [0.3, 0.4) is 0 Å². The van der Waals surface area contributed by atoms with Gasteiger partial charge >= 0.3 is 0 Å². The van der Waals surface area contributed by atoms with Crippen LogP contribution in [0, 0.1) is 17.8 Å². The minimum absolute atomic E-state index is 0.370. The molecule has 1 amide bonds. The van der Waals surface area contributed by atoms with Gasteiger partial charge in [0.05, 0.1) is 0 Å². The van der Waals surface area contributed by atoms with Crippen molar-refractivity contribution in [3.63, 3.8) is 0 Å². The van der Waals surface area contributed by atoms with Gasteiger partial charge in [-0.15, -0.1) is 0 Å². The molecule has 3 heteroatoms. The standard InChI is InChI=1S/C12H20N2O/c13-6-8-5-11(15)14(7-8)12(9-1-2-9)10-3-4-10/h8-10,12H,1-7,13H2. The first-order valence-corrected chi connectivity index (χ1v) is 6.29. The Hall–Kier alpha value is -0.570. The van der Waals surface area contributed by atoms with E-state index in [-0.39, 0.29) is 0 Å². The first kappa shape index (κ1) is 9.64. The average molecular weight is 208 g/mol. The minimum Gasteiger partial charge on any atom is -0.339 e. The fourth-order valence-corrected chi connectivity index (χ4v) is 3.02. The van der Waals surface area contributed by atoms with Crippen LogP contribution < -0.4 is 5.73 Å². The number of carbonyl (C=O) groups excluding carboxylic acids is 1. The number of rotatable bonds is 4. The van der Waals surface area contributed by atoms with Gasteiger partial charge in [-0.3, -0.25) is 4.79 Å². The van der Waals surface area contributed by atoms with Crippen molar-refractivity contribution in [2.24, 2.45) is 23.5 Å². The molecule has 3 aliphatic rings. The Morgan fingerprint density at radius 2 is 1.87 bits per heavy atom. The fraction of sp³-hybridized carbons (Fsp3) is 0.917. The van der Waals surface area contributed by atoms with Crippen LogP contribution in [0.25, 0.3) is 0 Å². The van der Waals surface area contributed by atoms with Crippen molar-refractivity contribution in [1.29, 1.82) is 0 Å². The zero-order valence-corrected chi connectivity index (χ0v) is 9.19. The molecule has 3 fully saturated rings. The lowest BCUT2D eigenvalue weighted by Crippen LogP contribution is -2.40. The van der Waals surface area contributed by atoms with Gasteiger partial charge in [-0.25, -0.2) is 0 Å². The van der Waals surface area contributed by atoms with Crippen LogP contribution in [0.4, 0.5) is 0 Å². The number of hydrogen-bond acceptors (Lipinski definition) is 2. The highest BCUT2D eigenvalue weighted by molar-refractivity contribution is 5.79. The lowest BCUT2D eigenvalue weighted by molar-refractivity contribution is -0.130. The summed E-state index contributed by atoms with van der Waals surface area (Å²) in [5.41, 5.74) is 5.66. The summed E-state index contributed by atoms with van der Waals surface area (Å²) < 4.78 is 0. The van der Waals surface area contributed by atoms with E-state index < -0.39 is 0 Å². The summed E-state index contributed by atoms with van der Waals surface area (Å²) in [5.74, 6) is 2.46. The van der Waals surface area contributed by atoms with Crippen molar-refractivity contribution in [2.75, 3.05) is 13.1 Å². The molecule has 15 heavy (non-hydrogen) atoms. The van der Waals surface area contributed by atoms with Gasteiger partial charge in [0.1, 0.15) is 0 Å². The second-order valence-corrected chi connectivity index (χ2v) is 5.52. The smallest absolute Gasteiger partial charge is 0.223 e. The largest absolute Gasteiger partial charge is 0.339 e. The Bertz CT molecular complexity index is 259. The first-order chi connectivity index (χ1) is 7.29. The third-order valence-corrected chi connectivity index (χ3v) is 4.14. The fourth-order valence-electron chi connectivity index (χ4n) is 3.02. The van der Waals surface area contributed by atoms with Crippen LogP contribution in [-0.2, 0) is 4.79 Å². The molecule has 0 spiro atoms. The third-order valence-electron chi connectivity index (χ3n) is 4.14. The van der Waals surface area contributed by atoms with Gasteiger partial charge in [-0.2, -0.15) is 0 Å². The number of nitrogens with zero attached hydrogens (tertiary/aromatic N) is 1. The highest BCUT2D eigenvalue weighted by Gasteiger charge is 2.48. The quantitative estimate of drug-likeness (QED) is 0.748. The van der Waals surface area contributed by atoms with E-state index in [0.29, 0.717) is 30.8 Å². The highest BCUT2D eigenvalue weighted by atomic mass is 16.2. The molecule has 2 N–H and O–H groups in total. The Balaban J connectivity index is 1.71. The topological polar surface area (TPSA) is 46.3 Å². The molecule has 0 aromatic rings. The van der Waals surface area contributed by atoms with Crippen LogP contribution in [0.5, 0.6) is 0 Å². The molecule has 0 aromatic heterocycles. The molecular formula is C12H20N2O. The summed E-state index contributed by atoms with van der Waals surface area (Å²) in [5, 5.41) is 0. The Labute approximate surface area is 91.0 Å². The summed E-state index contributed by atoms with van der Waals surface area (Å²) in [4.78, 5) is 14.1. The lowest BCUT2D eigenvalue weighted by Gasteiger charge is -2.28. The van der Waals surface area contributed by atoms with Crippen LogP contribution in [0.15, 0.2) is 0 Å². The Morgan fingerprint density at radius 3 is 2.27 bits per heavy atom. The van der Waals surface area contributed by atoms with Crippen LogP contribution in [0.2, 0.25) is 0 Å². The molecule has 1 unspecified atom stereocenters. The zero-order chi connectivity index (χ0) is 10.4. The van der Waals surface area contributed by atoms with Crippen LogP contribution in [-0.4, -0.2) is 29.9 Å². The SMILES string of the molecule is NCC1CC(=O)N(C(C2CC2)C2CC2)C1. The molecule has 84 valence electrons. The molecule has 0 aromatic carbocycles. The van der Waals surface area contributed by atoms with E-state index in [0.717, 1.165) is 18.4 Å². The number of carbonyl (C=O) groups is 1. The van der Waals surface area contributed by atoms with Crippen molar-refractivity contribution in [2.45, 2.75) is 38.1 Å². The number of nitrogens with two attached hydrogens (primary N) is 1. The van der Waals surface area contributed by atoms with E-state index in [1.54, 1.807) is 0 Å². The lowest BCUT2D eigenvalue weighted by atomic mass is 10.1. The number of hydrogen-bond donors (Lipinski definition) is 1. The summed E-state index contributed by atoms with van der Waals surface area (Å²) >= 11 is 0. The molecule has 0 radical (unpaired) electrons. The van der Waals surface area contributed by atoms with E-state index in [9.17, 15) is 4.79 Å². The van der Waals surface area contributed by atoms with E-state index in [1.165, 1.54) is 25.7 Å². The van der Waals surface area contributed by atoms with Crippen LogP contribution in [0.1, 0.15) is 32.1 Å². The maximum absolute atomic E-state index is 11.9. The van der Waals surface area contributed by atoms with Gasteiger partial charge in [-0.1, -0.05) is 0 Å². The predicted octanol–water partition coefficient (Wildman–Crippen LogP) is 0.982. The maximum Gasteiger partial charge on any atom is 0.223 e. The normalized spacial score (nSPS) is 31.7. The monoisotopic (exact) mass is 208 g/mol. The molecule has 2 aliphatic carbocycles.